The topological polar surface area (TPSA) is 84.9 Å². The third-order valence-electron chi connectivity index (χ3n) is 4.21. The number of carbonyl (C=O) groups is 1. The van der Waals surface area contributed by atoms with Crippen molar-refractivity contribution in [3.05, 3.63) is 60.7 Å². The lowest BCUT2D eigenvalue weighted by molar-refractivity contribution is -0.139. The molecule has 2 aromatic carbocycles. The number of carbonyl (C=O) groups excluding carboxylic acids is 1. The van der Waals surface area contributed by atoms with E-state index in [1.165, 1.54) is 48.5 Å². The lowest BCUT2D eigenvalue weighted by Crippen LogP contribution is -2.39. The number of benzene rings is 2. The molecule has 1 heterocycles. The first-order chi connectivity index (χ1) is 14.6. The van der Waals surface area contributed by atoms with E-state index in [4.69, 9.17) is 9.47 Å². The molecule has 0 unspecified atom stereocenters. The largest absolute Gasteiger partial charge is 0.486 e. The zero-order chi connectivity index (χ0) is 22.6. The summed E-state index contributed by atoms with van der Waals surface area (Å²) in [6, 6.07) is 9.26. The Bertz CT molecular complexity index is 1070. The molecule has 1 amide bonds. The van der Waals surface area contributed by atoms with Crippen LogP contribution in [0.3, 0.4) is 0 Å². The number of anilines is 1. The minimum atomic E-state index is -4.56. The van der Waals surface area contributed by atoms with Crippen molar-refractivity contribution in [2.75, 3.05) is 31.0 Å². The molecule has 11 heteroatoms. The van der Waals surface area contributed by atoms with Crippen LogP contribution in [-0.4, -0.2) is 51.7 Å². The van der Waals surface area contributed by atoms with Crippen molar-refractivity contribution in [2.45, 2.75) is 11.1 Å². The fourth-order valence-corrected chi connectivity index (χ4v) is 3.93. The van der Waals surface area contributed by atoms with E-state index in [2.05, 4.69) is 11.3 Å². The molecule has 0 aromatic heterocycles. The Hall–Kier alpha value is -3.21. The van der Waals surface area contributed by atoms with E-state index in [0.717, 1.165) is 0 Å². The summed E-state index contributed by atoms with van der Waals surface area (Å²) in [4.78, 5) is 12.9. The zero-order valence-corrected chi connectivity index (χ0v) is 17.0. The van der Waals surface area contributed by atoms with Gasteiger partial charge < -0.3 is 14.4 Å². The number of amides is 1. The second kappa shape index (κ2) is 8.88. The highest BCUT2D eigenvalue weighted by Crippen LogP contribution is 2.32. The number of hydrogen-bond donors (Lipinski definition) is 1. The molecule has 0 atom stereocenters. The molecule has 2 aromatic rings. The third kappa shape index (κ3) is 5.69. The summed E-state index contributed by atoms with van der Waals surface area (Å²) >= 11 is 0. The fourth-order valence-electron chi connectivity index (χ4n) is 2.86. The average Bonchev–Trinajstić information content (AvgIpc) is 2.72. The number of ether oxygens (including phenoxy) is 2. The van der Waals surface area contributed by atoms with Gasteiger partial charge in [0, 0.05) is 23.9 Å². The van der Waals surface area contributed by atoms with Gasteiger partial charge in [0.05, 0.1) is 4.90 Å². The first-order valence-corrected chi connectivity index (χ1v) is 10.6. The third-order valence-corrected chi connectivity index (χ3v) is 5.59. The lowest BCUT2D eigenvalue weighted by Gasteiger charge is -2.22. The van der Waals surface area contributed by atoms with E-state index in [0.29, 0.717) is 29.6 Å². The maximum absolute atomic E-state index is 12.7. The Morgan fingerprint density at radius 2 is 1.74 bits per heavy atom. The minimum Gasteiger partial charge on any atom is -0.486 e. The number of alkyl halides is 3. The van der Waals surface area contributed by atoms with Gasteiger partial charge in [-0.2, -0.15) is 13.2 Å². The second-order valence-corrected chi connectivity index (χ2v) is 8.26. The van der Waals surface area contributed by atoms with Gasteiger partial charge in [-0.15, -0.1) is 6.58 Å². The minimum absolute atomic E-state index is 0.0200. The summed E-state index contributed by atoms with van der Waals surface area (Å²) in [6.07, 6.45) is -3.36. The van der Waals surface area contributed by atoms with Crippen molar-refractivity contribution >= 4 is 21.6 Å². The number of fused-ring (bicyclic) bond motifs is 1. The van der Waals surface area contributed by atoms with E-state index in [1.807, 2.05) is 0 Å². The van der Waals surface area contributed by atoms with Gasteiger partial charge in [0.25, 0.3) is 15.9 Å². The molecule has 0 fully saturated rings. The highest BCUT2D eigenvalue weighted by atomic mass is 32.2. The number of hydrogen-bond acceptors (Lipinski definition) is 5. The smallest absolute Gasteiger partial charge is 0.406 e. The number of nitrogens with one attached hydrogen (secondary N) is 1. The number of sulfonamides is 1. The predicted octanol–water partition coefficient (Wildman–Crippen LogP) is 3.45. The van der Waals surface area contributed by atoms with Crippen LogP contribution in [0.5, 0.6) is 11.5 Å². The molecule has 0 bridgehead atoms. The number of nitrogens with zero attached hydrogens (tertiary/aromatic N) is 1. The molecule has 31 heavy (non-hydrogen) atoms. The van der Waals surface area contributed by atoms with Gasteiger partial charge in [-0.1, -0.05) is 6.08 Å². The predicted molar refractivity (Wildman–Crippen MR) is 107 cm³/mol. The Labute approximate surface area is 177 Å². The highest BCUT2D eigenvalue weighted by molar-refractivity contribution is 7.92. The van der Waals surface area contributed by atoms with Crippen LogP contribution in [0.2, 0.25) is 0 Å². The fraction of sp³-hybridized carbons (Fsp3) is 0.250. The van der Waals surface area contributed by atoms with Gasteiger partial charge in [0.2, 0.25) is 0 Å². The van der Waals surface area contributed by atoms with E-state index in [1.54, 1.807) is 0 Å². The summed E-state index contributed by atoms with van der Waals surface area (Å²) in [5, 5.41) is 0. The van der Waals surface area contributed by atoms with Crippen molar-refractivity contribution in [2.24, 2.45) is 0 Å². The standard InChI is InChI=1S/C20H19F3N2O5S/c1-2-9-25(13-20(21,22)23)19(26)14-3-5-15(6-4-14)24-31(27,28)16-7-8-17-18(12-16)30-11-10-29-17/h2-8,12,24H,1,9-11,13H2. The van der Waals surface area contributed by atoms with Crippen LogP contribution in [0, 0.1) is 0 Å². The van der Waals surface area contributed by atoms with Crippen LogP contribution in [-0.2, 0) is 10.0 Å². The number of rotatable bonds is 7. The molecule has 1 aliphatic heterocycles. The van der Waals surface area contributed by atoms with Crippen molar-refractivity contribution in [3.63, 3.8) is 0 Å². The molecule has 0 aliphatic carbocycles. The molecule has 0 saturated carbocycles. The monoisotopic (exact) mass is 456 g/mol. The Morgan fingerprint density at radius 1 is 1.10 bits per heavy atom. The maximum Gasteiger partial charge on any atom is 0.406 e. The Balaban J connectivity index is 1.75. The van der Waals surface area contributed by atoms with E-state index < -0.39 is 28.7 Å². The SMILES string of the molecule is C=CCN(CC(F)(F)F)C(=O)c1ccc(NS(=O)(=O)c2ccc3c(c2)OCCO3)cc1. The van der Waals surface area contributed by atoms with Gasteiger partial charge >= 0.3 is 6.18 Å². The van der Waals surface area contributed by atoms with Gasteiger partial charge in [0.1, 0.15) is 19.8 Å². The molecular formula is C20H19F3N2O5S. The van der Waals surface area contributed by atoms with Crippen LogP contribution in [0.15, 0.2) is 60.0 Å². The van der Waals surface area contributed by atoms with Gasteiger partial charge in [-0.3, -0.25) is 9.52 Å². The summed E-state index contributed by atoms with van der Waals surface area (Å²) < 4.78 is 76.5. The van der Waals surface area contributed by atoms with E-state index >= 15 is 0 Å². The first kappa shape index (κ1) is 22.5. The summed E-state index contributed by atoms with van der Waals surface area (Å²) in [7, 11) is -3.97. The summed E-state index contributed by atoms with van der Waals surface area (Å²) in [5.74, 6) is -0.100. The van der Waals surface area contributed by atoms with Crippen LogP contribution in [0.4, 0.5) is 18.9 Å². The molecule has 3 rings (SSSR count). The van der Waals surface area contributed by atoms with Gasteiger partial charge in [-0.25, -0.2) is 8.42 Å². The van der Waals surface area contributed by atoms with Crippen LogP contribution in [0.25, 0.3) is 0 Å². The molecule has 7 nitrogen and oxygen atoms in total. The van der Waals surface area contributed by atoms with Crippen molar-refractivity contribution < 1.29 is 35.9 Å². The van der Waals surface area contributed by atoms with Gasteiger partial charge in [0.15, 0.2) is 11.5 Å². The molecule has 1 aliphatic rings. The highest BCUT2D eigenvalue weighted by Gasteiger charge is 2.33. The summed E-state index contributed by atoms with van der Waals surface area (Å²) in [6.45, 7) is 2.33. The van der Waals surface area contributed by atoms with Crippen molar-refractivity contribution in [1.29, 1.82) is 0 Å². The molecule has 0 spiro atoms. The quantitative estimate of drug-likeness (QED) is 0.646. The Kier molecular flexibility index (Phi) is 6.44. The molecular weight excluding hydrogens is 437 g/mol. The molecule has 1 N–H and O–H groups in total. The van der Waals surface area contributed by atoms with Crippen LogP contribution in [0.1, 0.15) is 10.4 Å². The van der Waals surface area contributed by atoms with E-state index in [-0.39, 0.29) is 22.7 Å². The maximum atomic E-state index is 12.7. The molecule has 166 valence electrons. The first-order valence-electron chi connectivity index (χ1n) is 9.08. The van der Waals surface area contributed by atoms with Gasteiger partial charge in [-0.05, 0) is 36.4 Å². The number of halogens is 3. The zero-order valence-electron chi connectivity index (χ0n) is 16.2. The van der Waals surface area contributed by atoms with Crippen LogP contribution < -0.4 is 14.2 Å². The van der Waals surface area contributed by atoms with Crippen LogP contribution >= 0.6 is 0 Å². The summed E-state index contributed by atoms with van der Waals surface area (Å²) in [5.41, 5.74) is 0.117. The molecule has 0 saturated heterocycles. The van der Waals surface area contributed by atoms with Crippen molar-refractivity contribution in [1.82, 2.24) is 4.90 Å². The van der Waals surface area contributed by atoms with Crippen molar-refractivity contribution in [3.8, 4) is 11.5 Å². The average molecular weight is 456 g/mol. The Morgan fingerprint density at radius 3 is 2.35 bits per heavy atom. The lowest BCUT2D eigenvalue weighted by atomic mass is 10.2. The second-order valence-electron chi connectivity index (χ2n) is 6.58. The van der Waals surface area contributed by atoms with E-state index in [9.17, 15) is 26.4 Å². The normalized spacial score (nSPS) is 13.4. The molecule has 0 radical (unpaired) electrons.